The third kappa shape index (κ3) is 2.72. The molecule has 4 saturated carbocycles. The molecule has 26 heavy (non-hydrogen) atoms. The summed E-state index contributed by atoms with van der Waals surface area (Å²) in [4.78, 5) is 0. The maximum absolute atomic E-state index is 11.3. The van der Waals surface area contributed by atoms with Crippen LogP contribution in [0.3, 0.4) is 0 Å². The van der Waals surface area contributed by atoms with E-state index < -0.39 is 0 Å². The number of hydrogen-bond acceptors (Lipinski definition) is 2. The van der Waals surface area contributed by atoms with Crippen LogP contribution in [0.25, 0.3) is 0 Å². The molecule has 0 aliphatic heterocycles. The van der Waals surface area contributed by atoms with Crippen molar-refractivity contribution in [3.63, 3.8) is 0 Å². The maximum Gasteiger partial charge on any atom is 0.0577 e. The summed E-state index contributed by atoms with van der Waals surface area (Å²) in [5.74, 6) is 4.15. The molecule has 0 aromatic carbocycles. The fourth-order valence-electron chi connectivity index (χ4n) is 8.83. The van der Waals surface area contributed by atoms with E-state index in [2.05, 4.69) is 27.7 Å². The van der Waals surface area contributed by atoms with Crippen LogP contribution in [-0.2, 0) is 0 Å². The number of rotatable bonds is 3. The van der Waals surface area contributed by atoms with Gasteiger partial charge in [-0.1, -0.05) is 40.5 Å². The smallest absolute Gasteiger partial charge is 0.0577 e. The van der Waals surface area contributed by atoms with Gasteiger partial charge in [-0.3, -0.25) is 0 Å². The number of aliphatic hydroxyl groups excluding tert-OH is 2. The molecule has 0 amide bonds. The second-order valence-electron chi connectivity index (χ2n) is 11.2. The van der Waals surface area contributed by atoms with E-state index in [4.69, 9.17) is 0 Å². The topological polar surface area (TPSA) is 40.5 Å². The molecular formula is C24H42O2. The van der Waals surface area contributed by atoms with Crippen molar-refractivity contribution in [1.82, 2.24) is 0 Å². The molecule has 4 aliphatic rings. The van der Waals surface area contributed by atoms with E-state index in [1.54, 1.807) is 0 Å². The average Bonchev–Trinajstić information content (AvgIpc) is 2.94. The van der Waals surface area contributed by atoms with Gasteiger partial charge < -0.3 is 10.2 Å². The lowest BCUT2D eigenvalue weighted by molar-refractivity contribution is -0.174. The van der Waals surface area contributed by atoms with Gasteiger partial charge in [0.25, 0.3) is 0 Å². The molecule has 0 aromatic heterocycles. The first kappa shape index (κ1) is 19.2. The fraction of sp³-hybridized carbons (Fsp3) is 1.00. The molecule has 0 radical (unpaired) electrons. The van der Waals surface area contributed by atoms with Crippen molar-refractivity contribution in [2.24, 2.45) is 46.3 Å². The summed E-state index contributed by atoms with van der Waals surface area (Å²) in [7, 11) is 0. The highest BCUT2D eigenvalue weighted by Crippen LogP contribution is 2.68. The fourth-order valence-corrected chi connectivity index (χ4v) is 8.83. The van der Waals surface area contributed by atoms with Crippen molar-refractivity contribution in [1.29, 1.82) is 0 Å². The van der Waals surface area contributed by atoms with Gasteiger partial charge in [0.15, 0.2) is 0 Å². The summed E-state index contributed by atoms with van der Waals surface area (Å²) in [6.45, 7) is 9.92. The lowest BCUT2D eigenvalue weighted by Gasteiger charge is -2.62. The molecule has 4 fully saturated rings. The van der Waals surface area contributed by atoms with Gasteiger partial charge >= 0.3 is 0 Å². The normalized spacial score (nSPS) is 54.9. The zero-order valence-electron chi connectivity index (χ0n) is 17.6. The van der Waals surface area contributed by atoms with Gasteiger partial charge in [-0.25, -0.2) is 0 Å². The summed E-state index contributed by atoms with van der Waals surface area (Å²) in [5, 5.41) is 21.5. The quantitative estimate of drug-likeness (QED) is 0.704. The number of aliphatic hydroxyl groups is 2. The molecule has 0 saturated heterocycles. The Labute approximate surface area is 161 Å². The molecule has 4 aliphatic carbocycles. The first-order chi connectivity index (χ1) is 12.3. The Bertz CT molecular complexity index is 518. The van der Waals surface area contributed by atoms with Gasteiger partial charge in [-0.15, -0.1) is 0 Å². The van der Waals surface area contributed by atoms with Gasteiger partial charge in [0.05, 0.1) is 12.2 Å². The van der Waals surface area contributed by atoms with Crippen LogP contribution in [0.5, 0.6) is 0 Å². The van der Waals surface area contributed by atoms with Crippen molar-refractivity contribution in [3.05, 3.63) is 0 Å². The third-order valence-corrected chi connectivity index (χ3v) is 10.2. The number of hydrogen-bond donors (Lipinski definition) is 2. The number of fused-ring (bicyclic) bond motifs is 5. The first-order valence-corrected chi connectivity index (χ1v) is 11.7. The Morgan fingerprint density at radius 1 is 0.923 bits per heavy atom. The Balaban J connectivity index is 1.61. The molecule has 0 aromatic rings. The second kappa shape index (κ2) is 6.76. The Kier molecular flexibility index (Phi) is 5.01. The molecule has 4 rings (SSSR count). The zero-order valence-corrected chi connectivity index (χ0v) is 17.6. The minimum absolute atomic E-state index is 0.128. The Morgan fingerprint density at radius 3 is 2.35 bits per heavy atom. The van der Waals surface area contributed by atoms with Crippen molar-refractivity contribution in [3.8, 4) is 0 Å². The van der Waals surface area contributed by atoms with Crippen molar-refractivity contribution in [2.45, 2.75) is 104 Å². The Hall–Kier alpha value is -0.0800. The highest BCUT2D eigenvalue weighted by atomic mass is 16.3. The summed E-state index contributed by atoms with van der Waals surface area (Å²) < 4.78 is 0. The van der Waals surface area contributed by atoms with E-state index in [1.165, 1.54) is 44.9 Å². The molecule has 0 bridgehead atoms. The van der Waals surface area contributed by atoms with E-state index in [1.807, 2.05) is 0 Å². The SMILES string of the molecule is CCC[C@@H](C)[C@H]1CCC2C3C(CC[C@@]21C)[C@@]1(C)CC[C@@H](O)C[C@H]1C[C@H]3O. The monoisotopic (exact) mass is 362 g/mol. The minimum Gasteiger partial charge on any atom is -0.393 e. The summed E-state index contributed by atoms with van der Waals surface area (Å²) >= 11 is 0. The van der Waals surface area contributed by atoms with Gasteiger partial charge in [-0.2, -0.15) is 0 Å². The average molecular weight is 363 g/mol. The van der Waals surface area contributed by atoms with Crippen LogP contribution < -0.4 is 0 Å². The van der Waals surface area contributed by atoms with Crippen LogP contribution in [0.4, 0.5) is 0 Å². The van der Waals surface area contributed by atoms with Gasteiger partial charge in [0.1, 0.15) is 0 Å². The predicted octanol–water partition coefficient (Wildman–Crippen LogP) is 5.41. The molecule has 0 heterocycles. The van der Waals surface area contributed by atoms with Crippen LogP contribution in [0.15, 0.2) is 0 Å². The molecule has 3 unspecified atom stereocenters. The van der Waals surface area contributed by atoms with Gasteiger partial charge in [-0.05, 0) is 97.7 Å². The predicted molar refractivity (Wildman–Crippen MR) is 107 cm³/mol. The van der Waals surface area contributed by atoms with E-state index in [9.17, 15) is 10.2 Å². The molecule has 10 atom stereocenters. The van der Waals surface area contributed by atoms with Crippen LogP contribution in [0.1, 0.15) is 91.9 Å². The van der Waals surface area contributed by atoms with E-state index in [0.717, 1.165) is 37.0 Å². The summed E-state index contributed by atoms with van der Waals surface area (Å²) in [5.41, 5.74) is 0.811. The van der Waals surface area contributed by atoms with Crippen LogP contribution in [0, 0.1) is 46.3 Å². The van der Waals surface area contributed by atoms with E-state index >= 15 is 0 Å². The summed E-state index contributed by atoms with van der Waals surface area (Å²) in [6.07, 6.45) is 11.8. The van der Waals surface area contributed by atoms with Gasteiger partial charge in [0.2, 0.25) is 0 Å². The molecule has 150 valence electrons. The minimum atomic E-state index is -0.131. The third-order valence-electron chi connectivity index (χ3n) is 10.2. The van der Waals surface area contributed by atoms with Crippen LogP contribution in [-0.4, -0.2) is 22.4 Å². The van der Waals surface area contributed by atoms with E-state index in [0.29, 0.717) is 28.6 Å². The Morgan fingerprint density at radius 2 is 1.62 bits per heavy atom. The maximum atomic E-state index is 11.3. The highest BCUT2D eigenvalue weighted by molar-refractivity contribution is 5.11. The first-order valence-electron chi connectivity index (χ1n) is 11.7. The van der Waals surface area contributed by atoms with Crippen LogP contribution >= 0.6 is 0 Å². The standard InChI is InChI=1S/C24H42O2/c1-5-6-15(2)18-7-8-19-22-20(10-12-24(18,19)4)23(3)11-9-17(25)13-16(23)14-21(22)26/h15-22,25-26H,5-14H2,1-4H3/t15-,16+,17-,18-,19?,20?,21-,22?,23+,24-/m1/s1. The lowest BCUT2D eigenvalue weighted by Crippen LogP contribution is -2.58. The lowest BCUT2D eigenvalue weighted by atomic mass is 9.43. The van der Waals surface area contributed by atoms with Crippen molar-refractivity contribution in [2.75, 3.05) is 0 Å². The van der Waals surface area contributed by atoms with Crippen molar-refractivity contribution < 1.29 is 10.2 Å². The molecule has 0 spiro atoms. The molecule has 2 nitrogen and oxygen atoms in total. The molecule has 2 heteroatoms. The van der Waals surface area contributed by atoms with Crippen LogP contribution in [0.2, 0.25) is 0 Å². The second-order valence-corrected chi connectivity index (χ2v) is 11.2. The van der Waals surface area contributed by atoms with E-state index in [-0.39, 0.29) is 12.2 Å². The highest BCUT2D eigenvalue weighted by Gasteiger charge is 2.62. The zero-order chi connectivity index (χ0) is 18.7. The van der Waals surface area contributed by atoms with Gasteiger partial charge in [0, 0.05) is 0 Å². The largest absolute Gasteiger partial charge is 0.393 e. The molecular weight excluding hydrogens is 320 g/mol. The molecule has 2 N–H and O–H groups in total. The summed E-state index contributed by atoms with van der Waals surface area (Å²) in [6, 6.07) is 0. The van der Waals surface area contributed by atoms with Crippen molar-refractivity contribution >= 4 is 0 Å².